The Morgan fingerprint density at radius 1 is 1.14 bits per heavy atom. The third-order valence-corrected chi connectivity index (χ3v) is 6.93. The molecule has 3 rings (SSSR count). The van der Waals surface area contributed by atoms with Gasteiger partial charge in [0.15, 0.2) is 0 Å². The molecule has 0 aliphatic carbocycles. The summed E-state index contributed by atoms with van der Waals surface area (Å²) < 4.78 is 12.2. The number of aromatic nitrogens is 3. The fraction of sp³-hybridized carbons (Fsp3) is 0.238. The lowest BCUT2D eigenvalue weighted by atomic mass is 10.00. The number of hydrogen-bond donors (Lipinski definition) is 0. The van der Waals surface area contributed by atoms with E-state index in [1.165, 1.54) is 18.1 Å². The average molecular weight is 409 g/mol. The largest absolute Gasteiger partial charge is 0.259 e. The smallest absolute Gasteiger partial charge is 0.116 e. The minimum absolute atomic E-state index is 0.421. The molecule has 142 valence electrons. The number of nitrogens with zero attached hydrogens (tertiary/aromatic N) is 4. The van der Waals surface area contributed by atoms with Crippen LogP contribution >= 0.6 is 11.8 Å². The molecule has 1 atom stereocenters. The Labute approximate surface area is 171 Å². The summed E-state index contributed by atoms with van der Waals surface area (Å²) in [6.07, 6.45) is 6.81. The highest BCUT2D eigenvalue weighted by atomic mass is 32.2. The van der Waals surface area contributed by atoms with Gasteiger partial charge in [0.25, 0.3) is 0 Å². The quantitative estimate of drug-likeness (QED) is 0.504. The Balaban J connectivity index is 2.04. The molecule has 0 saturated carbocycles. The minimum atomic E-state index is -0.944. The molecule has 2 heterocycles. The highest BCUT2D eigenvalue weighted by molar-refractivity contribution is 8.10. The maximum Gasteiger partial charge on any atom is 0.116 e. The van der Waals surface area contributed by atoms with E-state index in [4.69, 9.17) is 0 Å². The lowest BCUT2D eigenvalue weighted by Crippen LogP contribution is -2.02. The van der Waals surface area contributed by atoms with Crippen molar-refractivity contribution in [3.05, 3.63) is 60.7 Å². The van der Waals surface area contributed by atoms with Crippen molar-refractivity contribution in [2.24, 2.45) is 0 Å². The van der Waals surface area contributed by atoms with E-state index >= 15 is 0 Å². The van der Waals surface area contributed by atoms with Crippen LogP contribution in [0.5, 0.6) is 0 Å². The molecular formula is C21H20N4OS2. The maximum absolute atomic E-state index is 12.2. The molecule has 0 bridgehead atoms. The van der Waals surface area contributed by atoms with Gasteiger partial charge in [-0.25, -0.2) is 15.0 Å². The fourth-order valence-electron chi connectivity index (χ4n) is 2.64. The number of nitriles is 1. The van der Waals surface area contributed by atoms with Gasteiger partial charge < -0.3 is 0 Å². The third kappa shape index (κ3) is 5.03. The highest BCUT2D eigenvalue weighted by Gasteiger charge is 2.16. The molecular weight excluding hydrogens is 388 g/mol. The van der Waals surface area contributed by atoms with Crippen LogP contribution in [-0.4, -0.2) is 30.0 Å². The van der Waals surface area contributed by atoms with E-state index in [-0.39, 0.29) is 0 Å². The molecule has 7 heteroatoms. The number of unbranched alkanes of at least 4 members (excludes halogenated alkanes) is 1. The summed E-state index contributed by atoms with van der Waals surface area (Å²) in [6, 6.07) is 13.9. The lowest BCUT2D eigenvalue weighted by molar-refractivity contribution is 0.682. The Kier molecular flexibility index (Phi) is 7.29. The van der Waals surface area contributed by atoms with Gasteiger partial charge in [-0.3, -0.25) is 4.21 Å². The van der Waals surface area contributed by atoms with Gasteiger partial charge in [-0.2, -0.15) is 5.26 Å². The standard InChI is InChI=1S/C21H20N4OS2/c1-2-3-9-28(26)15-27-21-19(11-22)18(16-7-5-4-6-8-16)10-20(25-21)17-12-23-14-24-13-17/h4-8,10,12-14H,2-3,9,15H2,1H3. The first-order valence-electron chi connectivity index (χ1n) is 8.96. The molecule has 0 aliphatic rings. The van der Waals surface area contributed by atoms with Gasteiger partial charge in [-0.1, -0.05) is 55.4 Å². The van der Waals surface area contributed by atoms with Gasteiger partial charge >= 0.3 is 0 Å². The molecule has 1 unspecified atom stereocenters. The highest BCUT2D eigenvalue weighted by Crippen LogP contribution is 2.34. The van der Waals surface area contributed by atoms with Gasteiger partial charge in [0, 0.05) is 40.1 Å². The molecule has 5 nitrogen and oxygen atoms in total. The van der Waals surface area contributed by atoms with Crippen molar-refractivity contribution in [1.29, 1.82) is 5.26 Å². The van der Waals surface area contributed by atoms with Crippen molar-refractivity contribution in [2.45, 2.75) is 24.8 Å². The number of rotatable bonds is 8. The summed E-state index contributed by atoms with van der Waals surface area (Å²) in [5.74, 6) is 0.670. The molecule has 0 N–H and O–H groups in total. The number of thioether (sulfide) groups is 1. The van der Waals surface area contributed by atoms with Crippen LogP contribution in [0.1, 0.15) is 25.3 Å². The molecule has 0 fully saturated rings. The summed E-state index contributed by atoms with van der Waals surface area (Å²) in [5, 5.41) is 10.8. The second kappa shape index (κ2) is 10.1. The summed E-state index contributed by atoms with van der Waals surface area (Å²) >= 11 is 1.37. The Morgan fingerprint density at radius 2 is 1.89 bits per heavy atom. The number of pyridine rings is 1. The number of benzene rings is 1. The topological polar surface area (TPSA) is 79.5 Å². The Bertz CT molecular complexity index is 989. The maximum atomic E-state index is 12.2. The first kappa shape index (κ1) is 20.2. The van der Waals surface area contributed by atoms with E-state index in [1.54, 1.807) is 12.4 Å². The van der Waals surface area contributed by atoms with Crippen molar-refractivity contribution in [3.63, 3.8) is 0 Å². The van der Waals surface area contributed by atoms with Crippen molar-refractivity contribution < 1.29 is 4.21 Å². The Hall–Kier alpha value is -2.56. The normalized spacial score (nSPS) is 11.7. The van der Waals surface area contributed by atoms with Crippen LogP contribution in [0, 0.1) is 11.3 Å². The molecule has 1 aromatic carbocycles. The van der Waals surface area contributed by atoms with Crippen LogP contribution in [0.2, 0.25) is 0 Å². The second-order valence-corrected chi connectivity index (χ2v) is 9.01. The summed E-state index contributed by atoms with van der Waals surface area (Å²) in [6.45, 7) is 2.08. The lowest BCUT2D eigenvalue weighted by Gasteiger charge is -2.12. The van der Waals surface area contributed by atoms with Crippen LogP contribution in [0.3, 0.4) is 0 Å². The average Bonchev–Trinajstić information content (AvgIpc) is 2.76. The SMILES string of the molecule is CCCCS(=O)CSc1nc(-c2cncnc2)cc(-c2ccccc2)c1C#N. The van der Waals surface area contributed by atoms with E-state index in [2.05, 4.69) is 27.9 Å². The molecule has 0 saturated heterocycles. The van der Waals surface area contributed by atoms with Crippen LogP contribution in [0.25, 0.3) is 22.4 Å². The van der Waals surface area contributed by atoms with E-state index in [1.807, 2.05) is 36.4 Å². The third-order valence-electron chi connectivity index (χ3n) is 4.09. The molecule has 2 aromatic heterocycles. The van der Waals surface area contributed by atoms with Gasteiger partial charge in [-0.15, -0.1) is 0 Å². The van der Waals surface area contributed by atoms with E-state index in [0.717, 1.165) is 29.5 Å². The van der Waals surface area contributed by atoms with Crippen molar-refractivity contribution in [1.82, 2.24) is 15.0 Å². The monoisotopic (exact) mass is 408 g/mol. The van der Waals surface area contributed by atoms with Crippen LogP contribution < -0.4 is 0 Å². The molecule has 3 aromatic rings. The van der Waals surface area contributed by atoms with Crippen LogP contribution in [-0.2, 0) is 10.8 Å². The van der Waals surface area contributed by atoms with E-state index < -0.39 is 10.8 Å². The van der Waals surface area contributed by atoms with Crippen molar-refractivity contribution in [3.8, 4) is 28.5 Å². The van der Waals surface area contributed by atoms with Gasteiger partial charge in [-0.05, 0) is 18.1 Å². The summed E-state index contributed by atoms with van der Waals surface area (Å²) in [5.41, 5.74) is 3.72. The predicted molar refractivity (Wildman–Crippen MR) is 114 cm³/mol. The molecule has 0 amide bonds. The zero-order valence-electron chi connectivity index (χ0n) is 15.5. The van der Waals surface area contributed by atoms with Crippen molar-refractivity contribution >= 4 is 22.6 Å². The summed E-state index contributed by atoms with van der Waals surface area (Å²) in [7, 11) is -0.944. The van der Waals surface area contributed by atoms with E-state index in [9.17, 15) is 9.47 Å². The number of hydrogen-bond acceptors (Lipinski definition) is 6. The van der Waals surface area contributed by atoms with Gasteiger partial charge in [0.05, 0.1) is 16.3 Å². The van der Waals surface area contributed by atoms with Gasteiger partial charge in [0.1, 0.15) is 17.4 Å². The molecule has 0 aliphatic heterocycles. The molecule has 0 spiro atoms. The van der Waals surface area contributed by atoms with Crippen LogP contribution in [0.4, 0.5) is 0 Å². The van der Waals surface area contributed by atoms with E-state index in [0.29, 0.717) is 27.1 Å². The van der Waals surface area contributed by atoms with Gasteiger partial charge in [0.2, 0.25) is 0 Å². The zero-order valence-corrected chi connectivity index (χ0v) is 17.2. The molecule has 0 radical (unpaired) electrons. The first-order valence-corrected chi connectivity index (χ1v) is 11.4. The summed E-state index contributed by atoms with van der Waals surface area (Å²) in [4.78, 5) is 12.8. The van der Waals surface area contributed by atoms with Crippen LogP contribution in [0.15, 0.2) is 60.1 Å². The Morgan fingerprint density at radius 3 is 2.57 bits per heavy atom. The second-order valence-electron chi connectivity index (χ2n) is 6.10. The fourth-order valence-corrected chi connectivity index (χ4v) is 5.16. The minimum Gasteiger partial charge on any atom is -0.259 e. The first-order chi connectivity index (χ1) is 13.7. The zero-order chi connectivity index (χ0) is 19.8. The van der Waals surface area contributed by atoms with Crippen molar-refractivity contribution in [2.75, 3.05) is 10.8 Å². The molecule has 28 heavy (non-hydrogen) atoms. The predicted octanol–water partition coefficient (Wildman–Crippen LogP) is 4.68.